The molecule has 1 N–H and O–H groups in total. The summed E-state index contributed by atoms with van der Waals surface area (Å²) in [5, 5.41) is 3.65. The number of nitrogens with zero attached hydrogens (tertiary/aromatic N) is 1. The van der Waals surface area contributed by atoms with Crippen molar-refractivity contribution in [3.63, 3.8) is 0 Å². The van der Waals surface area contributed by atoms with E-state index >= 15 is 0 Å². The number of carbonyl (C=O) groups excluding carboxylic acids is 1. The van der Waals surface area contributed by atoms with Crippen LogP contribution in [0.25, 0.3) is 6.08 Å². The largest absolute Gasteiger partial charge is 0.465 e. The van der Waals surface area contributed by atoms with Gasteiger partial charge in [-0.2, -0.15) is 0 Å². The Labute approximate surface area is 158 Å². The van der Waals surface area contributed by atoms with Crippen LogP contribution in [0.3, 0.4) is 0 Å². The Kier molecular flexibility index (Phi) is 6.50. The van der Waals surface area contributed by atoms with E-state index in [1.54, 1.807) is 18.2 Å². The number of carbonyl (C=O) groups is 1. The topological polar surface area (TPSA) is 54.7 Å². The van der Waals surface area contributed by atoms with Crippen molar-refractivity contribution in [3.8, 4) is 0 Å². The Morgan fingerprint density at radius 3 is 2.62 bits per heavy atom. The predicted molar refractivity (Wildman–Crippen MR) is 102 cm³/mol. The second-order valence-corrected chi connectivity index (χ2v) is 6.68. The summed E-state index contributed by atoms with van der Waals surface area (Å²) in [6.45, 7) is 5.44. The van der Waals surface area contributed by atoms with Crippen LogP contribution in [0.15, 0.2) is 46.9 Å². The van der Waals surface area contributed by atoms with Crippen LogP contribution in [0.5, 0.6) is 0 Å². The Hall–Kier alpha value is -2.08. The smallest absolute Gasteiger partial charge is 0.244 e. The van der Waals surface area contributed by atoms with Gasteiger partial charge in [0.2, 0.25) is 5.91 Å². The highest BCUT2D eigenvalue weighted by molar-refractivity contribution is 6.30. The number of aryl methyl sites for hydroxylation is 1. The molecule has 26 heavy (non-hydrogen) atoms. The van der Waals surface area contributed by atoms with Crippen LogP contribution in [0.1, 0.15) is 23.1 Å². The number of amides is 1. The molecule has 0 aliphatic carbocycles. The Balaban J connectivity index is 1.61. The van der Waals surface area contributed by atoms with Gasteiger partial charge in [0, 0.05) is 30.7 Å². The fourth-order valence-corrected chi connectivity index (χ4v) is 3.06. The van der Waals surface area contributed by atoms with Gasteiger partial charge < -0.3 is 14.5 Å². The van der Waals surface area contributed by atoms with Gasteiger partial charge in [-0.3, -0.25) is 9.69 Å². The summed E-state index contributed by atoms with van der Waals surface area (Å²) in [5.41, 5.74) is 0.927. The lowest BCUT2D eigenvalue weighted by atomic mass is 10.1. The molecule has 1 amide bonds. The Morgan fingerprint density at radius 1 is 1.23 bits per heavy atom. The third-order valence-corrected chi connectivity index (χ3v) is 4.59. The number of benzene rings is 1. The zero-order valence-corrected chi connectivity index (χ0v) is 15.5. The molecule has 1 saturated heterocycles. The van der Waals surface area contributed by atoms with Crippen LogP contribution in [-0.4, -0.2) is 43.7 Å². The third kappa shape index (κ3) is 5.21. The van der Waals surface area contributed by atoms with E-state index in [0.717, 1.165) is 30.2 Å². The highest BCUT2D eigenvalue weighted by Crippen LogP contribution is 2.23. The molecule has 2 aromatic rings. The number of morpholine rings is 1. The van der Waals surface area contributed by atoms with Crippen molar-refractivity contribution < 1.29 is 13.9 Å². The SMILES string of the molecule is Cc1ccc(C(CNC(=O)/C=C/c2ccc(Cl)cc2)N2CCOCC2)o1. The van der Waals surface area contributed by atoms with Crippen LogP contribution in [0.2, 0.25) is 5.02 Å². The summed E-state index contributed by atoms with van der Waals surface area (Å²) in [5.74, 6) is 1.60. The van der Waals surface area contributed by atoms with E-state index in [2.05, 4.69) is 10.2 Å². The van der Waals surface area contributed by atoms with Gasteiger partial charge in [0.25, 0.3) is 0 Å². The summed E-state index contributed by atoms with van der Waals surface area (Å²) in [7, 11) is 0. The lowest BCUT2D eigenvalue weighted by Gasteiger charge is -2.33. The first-order valence-electron chi connectivity index (χ1n) is 8.71. The lowest BCUT2D eigenvalue weighted by Crippen LogP contribution is -2.43. The second kappa shape index (κ2) is 9.03. The summed E-state index contributed by atoms with van der Waals surface area (Å²) in [4.78, 5) is 14.5. The number of halogens is 1. The van der Waals surface area contributed by atoms with E-state index in [1.807, 2.05) is 31.2 Å². The van der Waals surface area contributed by atoms with Crippen LogP contribution in [0.4, 0.5) is 0 Å². The van der Waals surface area contributed by atoms with E-state index in [-0.39, 0.29) is 11.9 Å². The van der Waals surface area contributed by atoms with E-state index in [9.17, 15) is 4.79 Å². The van der Waals surface area contributed by atoms with Crippen molar-refractivity contribution in [1.82, 2.24) is 10.2 Å². The highest BCUT2D eigenvalue weighted by Gasteiger charge is 2.25. The molecular formula is C20H23ClN2O3. The van der Waals surface area contributed by atoms with Gasteiger partial charge in [-0.15, -0.1) is 0 Å². The molecule has 0 radical (unpaired) electrons. The van der Waals surface area contributed by atoms with Gasteiger partial charge in [-0.1, -0.05) is 23.7 Å². The van der Waals surface area contributed by atoms with Crippen molar-refractivity contribution in [1.29, 1.82) is 0 Å². The van der Waals surface area contributed by atoms with Crippen molar-refractivity contribution in [3.05, 3.63) is 64.6 Å². The third-order valence-electron chi connectivity index (χ3n) is 4.34. The first-order chi connectivity index (χ1) is 12.6. The molecule has 5 nitrogen and oxygen atoms in total. The summed E-state index contributed by atoms with van der Waals surface area (Å²) in [6, 6.07) is 11.3. The number of hydrogen-bond acceptors (Lipinski definition) is 4. The van der Waals surface area contributed by atoms with Gasteiger partial charge in [0.1, 0.15) is 11.5 Å². The molecule has 1 unspecified atom stereocenters. The zero-order chi connectivity index (χ0) is 18.4. The predicted octanol–water partition coefficient (Wildman–Crippen LogP) is 3.44. The van der Waals surface area contributed by atoms with E-state index < -0.39 is 0 Å². The average Bonchev–Trinajstić information content (AvgIpc) is 3.08. The van der Waals surface area contributed by atoms with E-state index in [0.29, 0.717) is 24.8 Å². The molecule has 138 valence electrons. The minimum atomic E-state index is -0.138. The number of furan rings is 1. The van der Waals surface area contributed by atoms with Crippen LogP contribution in [0, 0.1) is 6.92 Å². The number of ether oxygens (including phenoxy) is 1. The molecule has 1 fully saturated rings. The quantitative estimate of drug-likeness (QED) is 0.787. The second-order valence-electron chi connectivity index (χ2n) is 6.24. The maximum absolute atomic E-state index is 12.2. The molecule has 1 atom stereocenters. The fourth-order valence-electron chi connectivity index (χ4n) is 2.93. The molecule has 6 heteroatoms. The minimum absolute atomic E-state index is 0.000446. The minimum Gasteiger partial charge on any atom is -0.465 e. The molecule has 0 spiro atoms. The maximum Gasteiger partial charge on any atom is 0.244 e. The van der Waals surface area contributed by atoms with Crippen LogP contribution < -0.4 is 5.32 Å². The molecule has 1 aliphatic heterocycles. The highest BCUT2D eigenvalue weighted by atomic mass is 35.5. The standard InChI is InChI=1S/C20H23ClN2O3/c1-15-2-8-19(26-15)18(23-10-12-25-13-11-23)14-22-20(24)9-5-16-3-6-17(21)7-4-16/h2-9,18H,10-14H2,1H3,(H,22,24)/b9-5+. The first kappa shape index (κ1) is 18.7. The summed E-state index contributed by atoms with van der Waals surface area (Å²) in [6.07, 6.45) is 3.31. The van der Waals surface area contributed by atoms with Gasteiger partial charge in [-0.25, -0.2) is 0 Å². The molecule has 1 aromatic carbocycles. The van der Waals surface area contributed by atoms with Crippen molar-refractivity contribution in [2.75, 3.05) is 32.8 Å². The Morgan fingerprint density at radius 2 is 1.96 bits per heavy atom. The van der Waals surface area contributed by atoms with Crippen molar-refractivity contribution in [2.24, 2.45) is 0 Å². The van der Waals surface area contributed by atoms with Crippen LogP contribution in [-0.2, 0) is 9.53 Å². The molecule has 1 aliphatic rings. The number of rotatable bonds is 6. The number of nitrogens with one attached hydrogen (secondary N) is 1. The Bertz CT molecular complexity index is 749. The molecule has 0 saturated carbocycles. The summed E-state index contributed by atoms with van der Waals surface area (Å²) >= 11 is 5.87. The average molecular weight is 375 g/mol. The van der Waals surface area contributed by atoms with E-state index in [1.165, 1.54) is 6.08 Å². The van der Waals surface area contributed by atoms with Crippen molar-refractivity contribution in [2.45, 2.75) is 13.0 Å². The lowest BCUT2D eigenvalue weighted by molar-refractivity contribution is -0.116. The molecule has 1 aromatic heterocycles. The molecule has 2 heterocycles. The molecule has 3 rings (SSSR count). The van der Waals surface area contributed by atoms with Gasteiger partial charge in [-0.05, 0) is 42.8 Å². The van der Waals surface area contributed by atoms with Gasteiger partial charge in [0.15, 0.2) is 0 Å². The number of hydrogen-bond donors (Lipinski definition) is 1. The monoisotopic (exact) mass is 374 g/mol. The van der Waals surface area contributed by atoms with E-state index in [4.69, 9.17) is 20.8 Å². The molecule has 0 bridgehead atoms. The summed E-state index contributed by atoms with van der Waals surface area (Å²) < 4.78 is 11.2. The van der Waals surface area contributed by atoms with Gasteiger partial charge >= 0.3 is 0 Å². The molecular weight excluding hydrogens is 352 g/mol. The zero-order valence-electron chi connectivity index (χ0n) is 14.8. The maximum atomic E-state index is 12.2. The first-order valence-corrected chi connectivity index (χ1v) is 9.09. The fraction of sp³-hybridized carbons (Fsp3) is 0.350. The normalized spacial score (nSPS) is 16.7. The van der Waals surface area contributed by atoms with Gasteiger partial charge in [0.05, 0.1) is 19.3 Å². The van der Waals surface area contributed by atoms with Crippen LogP contribution >= 0.6 is 11.6 Å². The van der Waals surface area contributed by atoms with Crippen molar-refractivity contribution >= 4 is 23.6 Å².